The number of benzene rings is 1. The molecule has 1 rings (SSSR count). The Morgan fingerprint density at radius 3 is 2.41 bits per heavy atom. The first-order valence-corrected chi connectivity index (χ1v) is 5.42. The van der Waals surface area contributed by atoms with E-state index < -0.39 is 5.97 Å². The topological polar surface area (TPSA) is 50.1 Å². The van der Waals surface area contributed by atoms with Gasteiger partial charge >= 0.3 is 5.97 Å². The van der Waals surface area contributed by atoms with E-state index in [0.717, 1.165) is 11.1 Å². The number of allylic oxidation sites excluding steroid dienone is 1. The SMILES string of the molecule is Cc1ccc(C(C#N)=CC(=O)OC(C)C)cc1. The van der Waals surface area contributed by atoms with E-state index in [4.69, 9.17) is 10.00 Å². The van der Waals surface area contributed by atoms with Crippen LogP contribution in [0.2, 0.25) is 0 Å². The maximum atomic E-state index is 11.4. The van der Waals surface area contributed by atoms with Crippen LogP contribution in [0, 0.1) is 18.3 Å². The number of nitrogens with zero attached hydrogens (tertiary/aromatic N) is 1. The van der Waals surface area contributed by atoms with Gasteiger partial charge in [0.1, 0.15) is 6.07 Å². The lowest BCUT2D eigenvalue weighted by molar-refractivity contribution is -0.141. The van der Waals surface area contributed by atoms with Gasteiger partial charge < -0.3 is 4.74 Å². The fraction of sp³-hybridized carbons (Fsp3) is 0.286. The molecule has 0 amide bonds. The Hall–Kier alpha value is -2.08. The summed E-state index contributed by atoms with van der Waals surface area (Å²) in [6.45, 7) is 5.50. The van der Waals surface area contributed by atoms with Crippen LogP contribution in [0.3, 0.4) is 0 Å². The highest BCUT2D eigenvalue weighted by Gasteiger charge is 2.06. The van der Waals surface area contributed by atoms with Crippen molar-refractivity contribution < 1.29 is 9.53 Å². The summed E-state index contributed by atoms with van der Waals surface area (Å²) in [5, 5.41) is 9.01. The number of carbonyl (C=O) groups is 1. The standard InChI is InChI=1S/C14H15NO2/c1-10(2)17-14(16)8-13(9-15)12-6-4-11(3)5-7-12/h4-8,10H,1-3H3. The molecule has 0 atom stereocenters. The van der Waals surface area contributed by atoms with Gasteiger partial charge in [0.2, 0.25) is 0 Å². The molecule has 1 aromatic carbocycles. The average Bonchev–Trinajstić information content (AvgIpc) is 2.26. The minimum absolute atomic E-state index is 0.184. The Morgan fingerprint density at radius 2 is 1.94 bits per heavy atom. The van der Waals surface area contributed by atoms with Crippen molar-refractivity contribution in [3.05, 3.63) is 41.5 Å². The molecule has 0 fully saturated rings. The van der Waals surface area contributed by atoms with Crippen LogP contribution in [0.4, 0.5) is 0 Å². The lowest BCUT2D eigenvalue weighted by Crippen LogP contribution is -2.09. The fourth-order valence-electron chi connectivity index (χ4n) is 1.30. The van der Waals surface area contributed by atoms with Gasteiger partial charge in [0.05, 0.1) is 11.7 Å². The third kappa shape index (κ3) is 4.12. The van der Waals surface area contributed by atoms with Crippen LogP contribution < -0.4 is 0 Å². The number of esters is 1. The number of hydrogen-bond acceptors (Lipinski definition) is 3. The summed E-state index contributed by atoms with van der Waals surface area (Å²) in [5.41, 5.74) is 2.14. The average molecular weight is 229 g/mol. The molecule has 0 aliphatic rings. The van der Waals surface area contributed by atoms with Gasteiger partial charge in [-0.3, -0.25) is 0 Å². The molecule has 0 aliphatic heterocycles. The Balaban J connectivity index is 2.92. The third-order valence-corrected chi connectivity index (χ3v) is 2.10. The zero-order chi connectivity index (χ0) is 12.8. The largest absolute Gasteiger partial charge is 0.460 e. The Morgan fingerprint density at radius 1 is 1.35 bits per heavy atom. The van der Waals surface area contributed by atoms with Crippen molar-refractivity contribution in [3.8, 4) is 6.07 Å². The van der Waals surface area contributed by atoms with Gasteiger partial charge in [-0.2, -0.15) is 5.26 Å². The number of carbonyl (C=O) groups excluding carboxylic acids is 1. The first kappa shape index (κ1) is 13.0. The number of hydrogen-bond donors (Lipinski definition) is 0. The number of rotatable bonds is 3. The highest BCUT2D eigenvalue weighted by atomic mass is 16.5. The molecule has 0 saturated carbocycles. The van der Waals surface area contributed by atoms with E-state index in [-0.39, 0.29) is 6.10 Å². The van der Waals surface area contributed by atoms with Crippen molar-refractivity contribution in [3.63, 3.8) is 0 Å². The normalized spacial score (nSPS) is 11.1. The predicted molar refractivity (Wildman–Crippen MR) is 66.0 cm³/mol. The summed E-state index contributed by atoms with van der Waals surface area (Å²) < 4.78 is 4.96. The molecule has 0 aromatic heterocycles. The zero-order valence-corrected chi connectivity index (χ0v) is 10.2. The van der Waals surface area contributed by atoms with E-state index in [1.807, 2.05) is 37.3 Å². The zero-order valence-electron chi connectivity index (χ0n) is 10.2. The van der Waals surface area contributed by atoms with Crippen molar-refractivity contribution in [2.24, 2.45) is 0 Å². The second-order valence-corrected chi connectivity index (χ2v) is 4.02. The molecule has 0 aliphatic carbocycles. The molecule has 0 radical (unpaired) electrons. The highest BCUT2D eigenvalue weighted by Crippen LogP contribution is 2.14. The fourth-order valence-corrected chi connectivity index (χ4v) is 1.30. The Bertz CT molecular complexity index is 464. The number of ether oxygens (including phenoxy) is 1. The van der Waals surface area contributed by atoms with Crippen LogP contribution in [0.25, 0.3) is 5.57 Å². The summed E-state index contributed by atoms with van der Waals surface area (Å²) in [5.74, 6) is -0.489. The van der Waals surface area contributed by atoms with E-state index in [1.54, 1.807) is 13.8 Å². The second kappa shape index (κ2) is 5.86. The quantitative estimate of drug-likeness (QED) is 0.455. The highest BCUT2D eigenvalue weighted by molar-refractivity contribution is 5.95. The molecule has 0 bridgehead atoms. The van der Waals surface area contributed by atoms with Crippen LogP contribution in [-0.4, -0.2) is 12.1 Å². The summed E-state index contributed by atoms with van der Waals surface area (Å²) >= 11 is 0. The molecule has 3 heteroatoms. The summed E-state index contributed by atoms with van der Waals surface area (Å²) in [7, 11) is 0. The lowest BCUT2D eigenvalue weighted by atomic mass is 10.1. The smallest absolute Gasteiger partial charge is 0.332 e. The Labute approximate surface area is 101 Å². The van der Waals surface area contributed by atoms with Gasteiger partial charge in [0, 0.05) is 6.08 Å². The van der Waals surface area contributed by atoms with Gasteiger partial charge in [0.15, 0.2) is 0 Å². The second-order valence-electron chi connectivity index (χ2n) is 4.02. The van der Waals surface area contributed by atoms with Gasteiger partial charge in [-0.1, -0.05) is 29.8 Å². The molecular formula is C14H15NO2. The maximum absolute atomic E-state index is 11.4. The molecule has 1 aromatic rings. The third-order valence-electron chi connectivity index (χ3n) is 2.10. The van der Waals surface area contributed by atoms with Crippen LogP contribution >= 0.6 is 0 Å². The van der Waals surface area contributed by atoms with Crippen molar-refractivity contribution in [1.29, 1.82) is 5.26 Å². The monoisotopic (exact) mass is 229 g/mol. The lowest BCUT2D eigenvalue weighted by Gasteiger charge is -2.05. The number of nitriles is 1. The van der Waals surface area contributed by atoms with E-state index >= 15 is 0 Å². The predicted octanol–water partition coefficient (Wildman–Crippen LogP) is 2.85. The molecule has 3 nitrogen and oxygen atoms in total. The minimum atomic E-state index is -0.489. The molecule has 88 valence electrons. The summed E-state index contributed by atoms with van der Waals surface area (Å²) in [4.78, 5) is 11.4. The van der Waals surface area contributed by atoms with Crippen LogP contribution in [0.1, 0.15) is 25.0 Å². The van der Waals surface area contributed by atoms with E-state index in [2.05, 4.69) is 0 Å². The maximum Gasteiger partial charge on any atom is 0.332 e. The first-order chi connectivity index (χ1) is 8.02. The van der Waals surface area contributed by atoms with E-state index in [9.17, 15) is 4.79 Å². The van der Waals surface area contributed by atoms with Crippen molar-refractivity contribution >= 4 is 11.5 Å². The summed E-state index contributed by atoms with van der Waals surface area (Å²) in [6, 6.07) is 9.42. The molecule has 0 saturated heterocycles. The van der Waals surface area contributed by atoms with Gasteiger partial charge in [-0.05, 0) is 26.3 Å². The molecule has 0 unspecified atom stereocenters. The van der Waals surface area contributed by atoms with Crippen molar-refractivity contribution in [2.45, 2.75) is 26.9 Å². The van der Waals surface area contributed by atoms with Crippen LogP contribution in [-0.2, 0) is 9.53 Å². The molecule has 0 heterocycles. The van der Waals surface area contributed by atoms with Gasteiger partial charge in [0.25, 0.3) is 0 Å². The molecule has 17 heavy (non-hydrogen) atoms. The minimum Gasteiger partial charge on any atom is -0.460 e. The summed E-state index contributed by atoms with van der Waals surface area (Å²) in [6.07, 6.45) is 1.04. The first-order valence-electron chi connectivity index (χ1n) is 5.42. The van der Waals surface area contributed by atoms with Gasteiger partial charge in [-0.15, -0.1) is 0 Å². The van der Waals surface area contributed by atoms with Crippen LogP contribution in [0.5, 0.6) is 0 Å². The van der Waals surface area contributed by atoms with Crippen molar-refractivity contribution in [1.82, 2.24) is 0 Å². The van der Waals surface area contributed by atoms with E-state index in [0.29, 0.717) is 5.57 Å². The molecular weight excluding hydrogens is 214 g/mol. The number of aryl methyl sites for hydroxylation is 1. The van der Waals surface area contributed by atoms with E-state index in [1.165, 1.54) is 6.08 Å². The molecule has 0 N–H and O–H groups in total. The molecule has 0 spiro atoms. The van der Waals surface area contributed by atoms with Crippen LogP contribution in [0.15, 0.2) is 30.3 Å². The van der Waals surface area contributed by atoms with Crippen molar-refractivity contribution in [2.75, 3.05) is 0 Å². The Kier molecular flexibility index (Phi) is 4.47. The van der Waals surface area contributed by atoms with Gasteiger partial charge in [-0.25, -0.2) is 4.79 Å².